The first kappa shape index (κ1) is 16.0. The summed E-state index contributed by atoms with van der Waals surface area (Å²) >= 11 is 4.69. The van der Waals surface area contributed by atoms with Gasteiger partial charge >= 0.3 is 6.18 Å². The molecule has 1 aromatic carbocycles. The van der Waals surface area contributed by atoms with Crippen molar-refractivity contribution in [1.82, 2.24) is 0 Å². The van der Waals surface area contributed by atoms with Gasteiger partial charge in [0.05, 0.1) is 11.7 Å². The van der Waals surface area contributed by atoms with Crippen molar-refractivity contribution in [2.24, 2.45) is 5.73 Å². The average molecular weight is 318 g/mol. The number of likely N-dealkylation sites (N-methyl/N-ethyl adjacent to an activating group) is 1. The Bertz CT molecular complexity index is 527. The smallest absolute Gasteiger partial charge is 0.389 e. The van der Waals surface area contributed by atoms with E-state index in [1.807, 2.05) is 0 Å². The molecule has 0 aliphatic carbocycles. The van der Waals surface area contributed by atoms with Gasteiger partial charge in [0.1, 0.15) is 4.99 Å². The predicted molar refractivity (Wildman–Crippen MR) is 79.6 cm³/mol. The van der Waals surface area contributed by atoms with E-state index >= 15 is 0 Å². The summed E-state index contributed by atoms with van der Waals surface area (Å²) in [7, 11) is 1.75. The summed E-state index contributed by atoms with van der Waals surface area (Å²) in [5.74, 6) is 0. The molecule has 0 saturated carbocycles. The van der Waals surface area contributed by atoms with Crippen LogP contribution in [-0.2, 0) is 10.9 Å². The number of nitrogens with zero attached hydrogens (tertiary/aromatic N) is 1. The Hall–Kier alpha value is -1.34. The highest BCUT2D eigenvalue weighted by atomic mass is 32.1. The molecule has 21 heavy (non-hydrogen) atoms. The minimum Gasteiger partial charge on any atom is -0.389 e. The molecule has 3 nitrogen and oxygen atoms in total. The predicted octanol–water partition coefficient (Wildman–Crippen LogP) is 2.95. The number of benzene rings is 1. The summed E-state index contributed by atoms with van der Waals surface area (Å²) in [6.07, 6.45) is -2.49. The summed E-state index contributed by atoms with van der Waals surface area (Å²) < 4.78 is 44.8. The van der Waals surface area contributed by atoms with Gasteiger partial charge in [-0.25, -0.2) is 0 Å². The van der Waals surface area contributed by atoms with Crippen LogP contribution in [0.15, 0.2) is 18.2 Å². The molecule has 0 aromatic heterocycles. The maximum absolute atomic E-state index is 13.1. The van der Waals surface area contributed by atoms with Crippen LogP contribution in [0.4, 0.5) is 18.9 Å². The highest BCUT2D eigenvalue weighted by molar-refractivity contribution is 7.80. The molecule has 0 bridgehead atoms. The zero-order valence-electron chi connectivity index (χ0n) is 11.6. The van der Waals surface area contributed by atoms with Gasteiger partial charge < -0.3 is 15.4 Å². The molecular formula is C14H17F3N2OS. The third-order valence-corrected chi connectivity index (χ3v) is 3.74. The molecule has 0 spiro atoms. The Balaban J connectivity index is 2.26. The van der Waals surface area contributed by atoms with Crippen molar-refractivity contribution < 1.29 is 17.9 Å². The van der Waals surface area contributed by atoms with Crippen molar-refractivity contribution in [2.45, 2.75) is 25.1 Å². The molecule has 1 atom stereocenters. The fourth-order valence-corrected chi connectivity index (χ4v) is 2.60. The van der Waals surface area contributed by atoms with E-state index in [4.69, 9.17) is 10.5 Å². The first-order chi connectivity index (χ1) is 9.79. The van der Waals surface area contributed by atoms with E-state index in [2.05, 4.69) is 12.2 Å². The molecule has 116 valence electrons. The molecule has 0 amide bonds. The fourth-order valence-electron chi connectivity index (χ4n) is 2.42. The summed E-state index contributed by atoms with van der Waals surface area (Å²) in [6.45, 7) is 1.27. The van der Waals surface area contributed by atoms with Crippen LogP contribution < -0.4 is 10.6 Å². The second kappa shape index (κ2) is 6.19. The molecule has 7 heteroatoms. The Morgan fingerprint density at radius 3 is 2.71 bits per heavy atom. The fraction of sp³-hybridized carbons (Fsp3) is 0.500. The lowest BCUT2D eigenvalue weighted by Gasteiger charge is -2.24. The second-order valence-electron chi connectivity index (χ2n) is 5.11. The number of halogens is 3. The zero-order valence-corrected chi connectivity index (χ0v) is 12.4. The summed E-state index contributed by atoms with van der Waals surface area (Å²) in [6, 6.07) is 4.01. The molecule has 1 aliphatic rings. The lowest BCUT2D eigenvalue weighted by Crippen LogP contribution is -2.29. The summed E-state index contributed by atoms with van der Waals surface area (Å²) in [5.41, 5.74) is 4.89. The van der Waals surface area contributed by atoms with E-state index in [-0.39, 0.29) is 16.7 Å². The van der Waals surface area contributed by atoms with E-state index in [1.54, 1.807) is 18.0 Å². The SMILES string of the molecule is CN(CC1CCCO1)c1ccc(C(N)=S)c(C(F)(F)F)c1. The van der Waals surface area contributed by atoms with Crippen molar-refractivity contribution in [3.05, 3.63) is 29.3 Å². The molecule has 2 rings (SSSR count). The van der Waals surface area contributed by atoms with Crippen LogP contribution in [0.5, 0.6) is 0 Å². The topological polar surface area (TPSA) is 38.5 Å². The summed E-state index contributed by atoms with van der Waals surface area (Å²) in [5, 5.41) is 0. The van der Waals surface area contributed by atoms with E-state index in [0.717, 1.165) is 18.9 Å². The molecule has 1 saturated heterocycles. The van der Waals surface area contributed by atoms with Gasteiger partial charge in [-0.2, -0.15) is 13.2 Å². The maximum atomic E-state index is 13.1. The van der Waals surface area contributed by atoms with Crippen LogP contribution in [0.1, 0.15) is 24.0 Å². The van der Waals surface area contributed by atoms with E-state index in [1.165, 1.54) is 6.07 Å². The number of anilines is 1. The molecular weight excluding hydrogens is 301 g/mol. The lowest BCUT2D eigenvalue weighted by molar-refractivity contribution is -0.137. The number of thiocarbonyl (C=S) groups is 1. The summed E-state index contributed by atoms with van der Waals surface area (Å²) in [4.78, 5) is 1.50. The van der Waals surface area contributed by atoms with E-state index < -0.39 is 11.7 Å². The van der Waals surface area contributed by atoms with Crippen LogP contribution in [-0.4, -0.2) is 31.3 Å². The minimum atomic E-state index is -4.49. The largest absolute Gasteiger partial charge is 0.417 e. The third kappa shape index (κ3) is 3.85. The number of hydrogen-bond donors (Lipinski definition) is 1. The number of nitrogens with two attached hydrogens (primary N) is 1. The number of alkyl halides is 3. The molecule has 2 N–H and O–H groups in total. The number of rotatable bonds is 4. The monoisotopic (exact) mass is 318 g/mol. The Morgan fingerprint density at radius 2 is 2.19 bits per heavy atom. The van der Waals surface area contributed by atoms with Crippen LogP contribution in [0.3, 0.4) is 0 Å². The number of hydrogen-bond acceptors (Lipinski definition) is 3. The van der Waals surface area contributed by atoms with Gasteiger partial charge in [0, 0.05) is 31.5 Å². The van der Waals surface area contributed by atoms with Gasteiger partial charge in [0.15, 0.2) is 0 Å². The Kier molecular flexibility index (Phi) is 4.73. The zero-order chi connectivity index (χ0) is 15.6. The van der Waals surface area contributed by atoms with Crippen LogP contribution in [0, 0.1) is 0 Å². The standard InChI is InChI=1S/C14H17F3N2OS/c1-19(8-10-3-2-6-20-10)9-4-5-11(13(18)21)12(7-9)14(15,16)17/h4-5,7,10H,2-3,6,8H2,1H3,(H2,18,21). The maximum Gasteiger partial charge on any atom is 0.417 e. The van der Waals surface area contributed by atoms with Crippen LogP contribution in [0.2, 0.25) is 0 Å². The molecule has 1 unspecified atom stereocenters. The van der Waals surface area contributed by atoms with Gasteiger partial charge in [-0.15, -0.1) is 0 Å². The molecule has 1 fully saturated rings. The van der Waals surface area contributed by atoms with Gasteiger partial charge in [0.2, 0.25) is 0 Å². The normalized spacial score (nSPS) is 18.8. The molecule has 0 radical (unpaired) electrons. The highest BCUT2D eigenvalue weighted by Crippen LogP contribution is 2.34. The van der Waals surface area contributed by atoms with Gasteiger partial charge in [-0.1, -0.05) is 12.2 Å². The van der Waals surface area contributed by atoms with Crippen LogP contribution in [0.25, 0.3) is 0 Å². The van der Waals surface area contributed by atoms with Gasteiger partial charge in [0.25, 0.3) is 0 Å². The van der Waals surface area contributed by atoms with Crippen molar-refractivity contribution in [3.8, 4) is 0 Å². The van der Waals surface area contributed by atoms with Crippen LogP contribution >= 0.6 is 12.2 Å². The molecule has 1 aromatic rings. The Labute approximate surface area is 126 Å². The minimum absolute atomic E-state index is 0.0691. The van der Waals surface area contributed by atoms with Gasteiger partial charge in [-0.3, -0.25) is 0 Å². The quantitative estimate of drug-likeness (QED) is 0.866. The van der Waals surface area contributed by atoms with Crippen molar-refractivity contribution in [3.63, 3.8) is 0 Å². The lowest BCUT2D eigenvalue weighted by atomic mass is 10.1. The highest BCUT2D eigenvalue weighted by Gasteiger charge is 2.34. The Morgan fingerprint density at radius 1 is 1.48 bits per heavy atom. The van der Waals surface area contributed by atoms with Crippen molar-refractivity contribution in [2.75, 3.05) is 25.1 Å². The molecule has 1 heterocycles. The third-order valence-electron chi connectivity index (χ3n) is 3.52. The second-order valence-corrected chi connectivity index (χ2v) is 5.55. The van der Waals surface area contributed by atoms with E-state index in [9.17, 15) is 13.2 Å². The molecule has 1 aliphatic heterocycles. The first-order valence-electron chi connectivity index (χ1n) is 6.63. The number of ether oxygens (including phenoxy) is 1. The van der Waals surface area contributed by atoms with Crippen molar-refractivity contribution in [1.29, 1.82) is 0 Å². The van der Waals surface area contributed by atoms with Crippen molar-refractivity contribution >= 4 is 22.9 Å². The van der Waals surface area contributed by atoms with Gasteiger partial charge in [-0.05, 0) is 31.0 Å². The van der Waals surface area contributed by atoms with E-state index in [0.29, 0.717) is 18.8 Å². The average Bonchev–Trinajstić information content (AvgIpc) is 2.89. The first-order valence-corrected chi connectivity index (χ1v) is 7.03.